The van der Waals surface area contributed by atoms with Gasteiger partial charge in [0.25, 0.3) is 11.8 Å². The predicted octanol–water partition coefficient (Wildman–Crippen LogP) is 0.317. The third-order valence-corrected chi connectivity index (χ3v) is 3.30. The lowest BCUT2D eigenvalue weighted by Gasteiger charge is -2.13. The number of carbonyl (C=O) groups excluding carboxylic acids is 3. The molecule has 0 aromatic heterocycles. The summed E-state index contributed by atoms with van der Waals surface area (Å²) in [4.78, 5) is 37.1. The first-order chi connectivity index (χ1) is 10.0. The number of imide groups is 1. The van der Waals surface area contributed by atoms with Crippen molar-refractivity contribution < 1.29 is 14.4 Å². The van der Waals surface area contributed by atoms with Crippen LogP contribution >= 0.6 is 0 Å². The number of amides is 3. The van der Waals surface area contributed by atoms with Crippen LogP contribution in [0.4, 0.5) is 0 Å². The monoisotopic (exact) mass is 289 g/mol. The van der Waals surface area contributed by atoms with E-state index in [1.165, 1.54) is 0 Å². The third kappa shape index (κ3) is 3.28. The van der Waals surface area contributed by atoms with Crippen LogP contribution in [0.1, 0.15) is 33.2 Å². The Morgan fingerprint density at radius 1 is 1.14 bits per heavy atom. The van der Waals surface area contributed by atoms with Crippen molar-refractivity contribution in [1.82, 2.24) is 15.5 Å². The average Bonchev–Trinajstić information content (AvgIpc) is 2.68. The van der Waals surface area contributed by atoms with Crippen LogP contribution in [0.15, 0.2) is 18.2 Å². The van der Waals surface area contributed by atoms with E-state index in [9.17, 15) is 14.4 Å². The Morgan fingerprint density at radius 2 is 1.86 bits per heavy atom. The highest BCUT2D eigenvalue weighted by molar-refractivity contribution is 6.22. The Hall–Kier alpha value is -2.21. The molecular weight excluding hydrogens is 270 g/mol. The highest BCUT2D eigenvalue weighted by Gasteiger charge is 2.36. The van der Waals surface area contributed by atoms with E-state index >= 15 is 0 Å². The Morgan fingerprint density at radius 3 is 2.57 bits per heavy atom. The van der Waals surface area contributed by atoms with Gasteiger partial charge in [-0.25, -0.2) is 0 Å². The van der Waals surface area contributed by atoms with Crippen molar-refractivity contribution >= 4 is 17.7 Å². The molecule has 2 rings (SSSR count). The number of aryl methyl sites for hydroxylation is 1. The standard InChI is InChI=1S/C15H19N3O3/c1-3-16-6-7-17-13(19)9-18-14(20)11-5-4-10(2)8-12(11)15(18)21/h4-5,8,16H,3,6-7,9H2,1-2H3,(H,17,19). The van der Waals surface area contributed by atoms with E-state index in [0.717, 1.165) is 17.0 Å². The predicted molar refractivity (Wildman–Crippen MR) is 78.1 cm³/mol. The third-order valence-electron chi connectivity index (χ3n) is 3.30. The van der Waals surface area contributed by atoms with Crippen molar-refractivity contribution in [2.45, 2.75) is 13.8 Å². The Kier molecular flexibility index (Phi) is 4.70. The van der Waals surface area contributed by atoms with Crippen molar-refractivity contribution in [3.63, 3.8) is 0 Å². The van der Waals surface area contributed by atoms with Crippen LogP contribution in [0.25, 0.3) is 0 Å². The molecule has 1 aliphatic heterocycles. The first-order valence-electron chi connectivity index (χ1n) is 6.99. The first kappa shape index (κ1) is 15.2. The molecule has 1 aliphatic rings. The fourth-order valence-electron chi connectivity index (χ4n) is 2.21. The van der Waals surface area contributed by atoms with Gasteiger partial charge in [-0.1, -0.05) is 18.6 Å². The van der Waals surface area contributed by atoms with Crippen molar-refractivity contribution in [3.05, 3.63) is 34.9 Å². The second-order valence-electron chi connectivity index (χ2n) is 4.95. The summed E-state index contributed by atoms with van der Waals surface area (Å²) in [7, 11) is 0. The molecule has 112 valence electrons. The van der Waals surface area contributed by atoms with Crippen molar-refractivity contribution in [2.24, 2.45) is 0 Å². The minimum atomic E-state index is -0.406. The van der Waals surface area contributed by atoms with Crippen LogP contribution < -0.4 is 10.6 Å². The van der Waals surface area contributed by atoms with Gasteiger partial charge in [-0.2, -0.15) is 0 Å². The summed E-state index contributed by atoms with van der Waals surface area (Å²) in [5.74, 6) is -1.14. The summed E-state index contributed by atoms with van der Waals surface area (Å²) in [6, 6.07) is 5.09. The number of hydrogen-bond acceptors (Lipinski definition) is 4. The molecule has 21 heavy (non-hydrogen) atoms. The highest BCUT2D eigenvalue weighted by atomic mass is 16.2. The maximum atomic E-state index is 12.2. The maximum Gasteiger partial charge on any atom is 0.262 e. The summed E-state index contributed by atoms with van der Waals surface area (Å²) >= 11 is 0. The van der Waals surface area contributed by atoms with E-state index < -0.39 is 11.8 Å². The van der Waals surface area contributed by atoms with Gasteiger partial charge in [0.05, 0.1) is 11.1 Å². The summed E-state index contributed by atoms with van der Waals surface area (Å²) < 4.78 is 0. The maximum absolute atomic E-state index is 12.2. The molecule has 0 atom stereocenters. The summed E-state index contributed by atoms with van der Waals surface area (Å²) in [5, 5.41) is 5.75. The van der Waals surface area contributed by atoms with Crippen molar-refractivity contribution in [3.8, 4) is 0 Å². The van der Waals surface area contributed by atoms with Gasteiger partial charge in [-0.3, -0.25) is 19.3 Å². The van der Waals surface area contributed by atoms with E-state index in [2.05, 4.69) is 10.6 Å². The minimum Gasteiger partial charge on any atom is -0.353 e. The van der Waals surface area contributed by atoms with Crippen LogP contribution in [-0.2, 0) is 4.79 Å². The lowest BCUT2D eigenvalue weighted by molar-refractivity contribution is -0.121. The lowest BCUT2D eigenvalue weighted by atomic mass is 10.1. The van der Waals surface area contributed by atoms with Gasteiger partial charge in [0.2, 0.25) is 5.91 Å². The average molecular weight is 289 g/mol. The molecule has 2 N–H and O–H groups in total. The zero-order valence-electron chi connectivity index (χ0n) is 12.2. The molecule has 0 unspecified atom stereocenters. The number of rotatable bonds is 6. The van der Waals surface area contributed by atoms with Gasteiger partial charge >= 0.3 is 0 Å². The molecule has 1 aromatic carbocycles. The molecule has 0 saturated heterocycles. The smallest absolute Gasteiger partial charge is 0.262 e. The van der Waals surface area contributed by atoms with Gasteiger partial charge in [-0.15, -0.1) is 0 Å². The number of carbonyl (C=O) groups is 3. The number of nitrogens with one attached hydrogen (secondary N) is 2. The topological polar surface area (TPSA) is 78.5 Å². The van der Waals surface area contributed by atoms with Crippen LogP contribution in [0, 0.1) is 6.92 Å². The fraction of sp³-hybridized carbons (Fsp3) is 0.400. The second-order valence-corrected chi connectivity index (χ2v) is 4.95. The molecule has 0 fully saturated rings. The minimum absolute atomic E-state index is 0.239. The Labute approximate surface area is 123 Å². The van der Waals surface area contributed by atoms with Crippen molar-refractivity contribution in [2.75, 3.05) is 26.2 Å². The van der Waals surface area contributed by atoms with Crippen LogP contribution in [-0.4, -0.2) is 48.8 Å². The lowest BCUT2D eigenvalue weighted by Crippen LogP contribution is -2.42. The number of benzene rings is 1. The van der Waals surface area contributed by atoms with Gasteiger partial charge in [-0.05, 0) is 25.6 Å². The van der Waals surface area contributed by atoms with E-state index in [0.29, 0.717) is 24.2 Å². The van der Waals surface area contributed by atoms with Crippen LogP contribution in [0.5, 0.6) is 0 Å². The van der Waals surface area contributed by atoms with Gasteiger partial charge < -0.3 is 10.6 Å². The zero-order valence-corrected chi connectivity index (χ0v) is 12.2. The number of hydrogen-bond donors (Lipinski definition) is 2. The number of nitrogens with zero attached hydrogens (tertiary/aromatic N) is 1. The zero-order chi connectivity index (χ0) is 15.4. The Balaban J connectivity index is 1.98. The van der Waals surface area contributed by atoms with E-state index in [1.807, 2.05) is 13.8 Å². The molecule has 0 saturated carbocycles. The molecule has 1 aromatic rings. The SMILES string of the molecule is CCNCCNC(=O)CN1C(=O)c2ccc(C)cc2C1=O. The summed E-state index contributed by atoms with van der Waals surface area (Å²) in [6.45, 7) is 5.54. The quantitative estimate of drug-likeness (QED) is 0.584. The largest absolute Gasteiger partial charge is 0.353 e. The second kappa shape index (κ2) is 6.49. The van der Waals surface area contributed by atoms with E-state index in [4.69, 9.17) is 0 Å². The fourth-order valence-corrected chi connectivity index (χ4v) is 2.21. The summed E-state index contributed by atoms with van der Waals surface area (Å²) in [5.41, 5.74) is 1.65. The molecule has 1 heterocycles. The molecule has 6 heteroatoms. The normalized spacial score (nSPS) is 13.5. The number of likely N-dealkylation sites (N-methyl/N-ethyl adjacent to an activating group) is 1. The molecule has 0 bridgehead atoms. The van der Waals surface area contributed by atoms with Gasteiger partial charge in [0, 0.05) is 13.1 Å². The van der Waals surface area contributed by atoms with Crippen molar-refractivity contribution in [1.29, 1.82) is 0 Å². The molecule has 0 spiro atoms. The molecule has 0 aliphatic carbocycles. The number of fused-ring (bicyclic) bond motifs is 1. The van der Waals surface area contributed by atoms with Gasteiger partial charge in [0.15, 0.2) is 0 Å². The van der Waals surface area contributed by atoms with Gasteiger partial charge in [0.1, 0.15) is 6.54 Å². The first-order valence-corrected chi connectivity index (χ1v) is 6.99. The van der Waals surface area contributed by atoms with Crippen LogP contribution in [0.3, 0.4) is 0 Å². The Bertz CT molecular complexity index is 584. The van der Waals surface area contributed by atoms with E-state index in [-0.39, 0.29) is 12.5 Å². The molecular formula is C15H19N3O3. The molecule has 6 nitrogen and oxygen atoms in total. The van der Waals surface area contributed by atoms with E-state index in [1.54, 1.807) is 18.2 Å². The highest BCUT2D eigenvalue weighted by Crippen LogP contribution is 2.23. The van der Waals surface area contributed by atoms with Crippen LogP contribution in [0.2, 0.25) is 0 Å². The molecule has 0 radical (unpaired) electrons. The molecule has 3 amide bonds. The summed E-state index contributed by atoms with van der Waals surface area (Å²) in [6.07, 6.45) is 0.